The summed E-state index contributed by atoms with van der Waals surface area (Å²) in [5.41, 5.74) is -1.17. The van der Waals surface area contributed by atoms with E-state index in [2.05, 4.69) is 26.2 Å². The maximum Gasteiger partial charge on any atom is 0.325 e. The summed E-state index contributed by atoms with van der Waals surface area (Å²) in [6, 6.07) is 7.10. The normalized spacial score (nSPS) is 18.0. The molecule has 1 fully saturated rings. The number of aromatic nitrogens is 2. The highest BCUT2D eigenvalue weighted by Crippen LogP contribution is 2.24. The first-order valence-corrected chi connectivity index (χ1v) is 10.8. The number of nitrogens with zero attached hydrogens (tertiary/aromatic N) is 1. The molecule has 0 radical (unpaired) electrons. The van der Waals surface area contributed by atoms with Gasteiger partial charge in [0.05, 0.1) is 5.92 Å². The fraction of sp³-hybridized carbons (Fsp3) is 0.353. The summed E-state index contributed by atoms with van der Waals surface area (Å²) >= 11 is 3.33. The standard InChI is InChI=1S/C17H19BrN4O5S/c1-10-14(16(24)21-17(25)19-10)28(26,27)22-7-3-4-11(9-22)15(23)20-13-6-2-5-12(18)8-13/h2,5-6,8,11H,3-4,7,9H2,1H3,(H,20,23)(H2,19,21,24,25)/t11-/m0/s1. The van der Waals surface area contributed by atoms with Crippen LogP contribution in [0.2, 0.25) is 0 Å². The molecule has 0 unspecified atom stereocenters. The first kappa shape index (κ1) is 20.5. The summed E-state index contributed by atoms with van der Waals surface area (Å²) in [5, 5.41) is 2.79. The van der Waals surface area contributed by atoms with Gasteiger partial charge in [-0.25, -0.2) is 13.2 Å². The third-order valence-electron chi connectivity index (χ3n) is 4.52. The number of hydrogen-bond acceptors (Lipinski definition) is 5. The Bertz CT molecular complexity index is 1120. The van der Waals surface area contributed by atoms with Crippen LogP contribution in [-0.4, -0.2) is 41.7 Å². The monoisotopic (exact) mass is 470 g/mol. The molecule has 1 aliphatic rings. The van der Waals surface area contributed by atoms with E-state index in [0.29, 0.717) is 18.5 Å². The third kappa shape index (κ3) is 4.26. The van der Waals surface area contributed by atoms with Gasteiger partial charge in [-0.3, -0.25) is 14.6 Å². The van der Waals surface area contributed by atoms with Crippen LogP contribution in [0.25, 0.3) is 0 Å². The van der Waals surface area contributed by atoms with Crippen LogP contribution in [0.1, 0.15) is 18.5 Å². The predicted octanol–water partition coefficient (Wildman–Crippen LogP) is 1.17. The van der Waals surface area contributed by atoms with E-state index in [9.17, 15) is 22.8 Å². The number of aromatic amines is 2. The molecule has 1 aromatic heterocycles. The maximum atomic E-state index is 13.0. The number of carbonyl (C=O) groups is 1. The Morgan fingerprint density at radius 2 is 2.04 bits per heavy atom. The van der Waals surface area contributed by atoms with Gasteiger partial charge in [0.15, 0.2) is 4.90 Å². The van der Waals surface area contributed by atoms with Crippen molar-refractivity contribution < 1.29 is 13.2 Å². The average molecular weight is 471 g/mol. The van der Waals surface area contributed by atoms with Gasteiger partial charge in [-0.05, 0) is 38.0 Å². The summed E-state index contributed by atoms with van der Waals surface area (Å²) in [6.07, 6.45) is 1.02. The molecule has 11 heteroatoms. The highest BCUT2D eigenvalue weighted by Gasteiger charge is 2.35. The summed E-state index contributed by atoms with van der Waals surface area (Å²) in [5.74, 6) is -0.838. The molecular formula is C17H19BrN4O5S. The van der Waals surface area contributed by atoms with Gasteiger partial charge in [-0.2, -0.15) is 4.31 Å². The predicted molar refractivity (Wildman–Crippen MR) is 107 cm³/mol. The minimum atomic E-state index is -4.15. The molecule has 28 heavy (non-hydrogen) atoms. The van der Waals surface area contributed by atoms with Crippen molar-refractivity contribution in [2.45, 2.75) is 24.7 Å². The van der Waals surface area contributed by atoms with E-state index in [1.165, 1.54) is 6.92 Å². The Balaban J connectivity index is 1.82. The first-order valence-electron chi connectivity index (χ1n) is 8.58. The van der Waals surface area contributed by atoms with E-state index >= 15 is 0 Å². The molecule has 2 heterocycles. The molecule has 3 N–H and O–H groups in total. The Labute approximate surface area is 169 Å². The molecule has 0 saturated carbocycles. The van der Waals surface area contributed by atoms with Crippen LogP contribution in [-0.2, 0) is 14.8 Å². The smallest absolute Gasteiger partial charge is 0.325 e. The van der Waals surface area contributed by atoms with Gasteiger partial charge in [0.2, 0.25) is 15.9 Å². The highest BCUT2D eigenvalue weighted by atomic mass is 79.9. The van der Waals surface area contributed by atoms with E-state index in [1.807, 2.05) is 11.1 Å². The summed E-state index contributed by atoms with van der Waals surface area (Å²) < 4.78 is 27.8. The molecule has 1 aromatic carbocycles. The molecule has 150 valence electrons. The average Bonchev–Trinajstić information content (AvgIpc) is 2.60. The SMILES string of the molecule is Cc1[nH]c(=O)[nH]c(=O)c1S(=O)(=O)N1CCC[C@H](C(=O)Nc2cccc(Br)c2)C1. The van der Waals surface area contributed by atoms with Crippen LogP contribution in [0.15, 0.2) is 43.2 Å². The number of amides is 1. The number of halogens is 1. The van der Waals surface area contributed by atoms with Gasteiger partial charge >= 0.3 is 5.69 Å². The maximum absolute atomic E-state index is 13.0. The molecule has 3 rings (SSSR count). The molecule has 1 aliphatic heterocycles. The summed E-state index contributed by atoms with van der Waals surface area (Å²) in [6.45, 7) is 1.51. The van der Waals surface area contributed by atoms with Crippen LogP contribution in [0.4, 0.5) is 5.69 Å². The topological polar surface area (TPSA) is 132 Å². The Morgan fingerprint density at radius 1 is 1.29 bits per heavy atom. The van der Waals surface area contributed by atoms with Crippen LogP contribution in [0.5, 0.6) is 0 Å². The number of hydrogen-bond donors (Lipinski definition) is 3. The number of nitrogens with one attached hydrogen (secondary N) is 3. The molecule has 1 atom stereocenters. The summed E-state index contributed by atoms with van der Waals surface area (Å²) in [4.78, 5) is 39.7. The largest absolute Gasteiger partial charge is 0.326 e. The summed E-state index contributed by atoms with van der Waals surface area (Å²) in [7, 11) is -4.15. The lowest BCUT2D eigenvalue weighted by Crippen LogP contribution is -2.45. The number of carbonyl (C=O) groups excluding carboxylic acids is 1. The Hall–Kier alpha value is -2.24. The highest BCUT2D eigenvalue weighted by molar-refractivity contribution is 9.10. The molecule has 0 spiro atoms. The first-order chi connectivity index (χ1) is 13.2. The van der Waals surface area contributed by atoms with E-state index in [4.69, 9.17) is 0 Å². The minimum Gasteiger partial charge on any atom is -0.326 e. The molecular weight excluding hydrogens is 452 g/mol. The number of anilines is 1. The molecule has 1 saturated heterocycles. The van der Waals surface area contributed by atoms with Crippen molar-refractivity contribution >= 4 is 37.5 Å². The second-order valence-electron chi connectivity index (χ2n) is 6.56. The number of sulfonamides is 1. The third-order valence-corrected chi connectivity index (χ3v) is 7.03. The van der Waals surface area contributed by atoms with Gasteiger partial charge in [0, 0.05) is 28.9 Å². The second kappa shape index (κ2) is 8.02. The molecule has 9 nitrogen and oxygen atoms in total. The number of H-pyrrole nitrogens is 2. The minimum absolute atomic E-state index is 0.0329. The number of benzene rings is 1. The van der Waals surface area contributed by atoms with Crippen LogP contribution >= 0.6 is 15.9 Å². The van der Waals surface area contributed by atoms with Crippen molar-refractivity contribution in [2.24, 2.45) is 5.92 Å². The lowest BCUT2D eigenvalue weighted by molar-refractivity contribution is -0.120. The van der Waals surface area contributed by atoms with E-state index in [0.717, 1.165) is 8.78 Å². The molecule has 0 aliphatic carbocycles. The fourth-order valence-electron chi connectivity index (χ4n) is 3.21. The van der Waals surface area contributed by atoms with Crippen molar-refractivity contribution in [2.75, 3.05) is 18.4 Å². The quantitative estimate of drug-likeness (QED) is 0.616. The number of piperidine rings is 1. The van der Waals surface area contributed by atoms with Crippen molar-refractivity contribution in [1.29, 1.82) is 0 Å². The van der Waals surface area contributed by atoms with E-state index in [1.54, 1.807) is 18.2 Å². The van der Waals surface area contributed by atoms with Crippen LogP contribution < -0.4 is 16.6 Å². The van der Waals surface area contributed by atoms with Gasteiger partial charge in [-0.15, -0.1) is 0 Å². The second-order valence-corrected chi connectivity index (χ2v) is 9.35. The zero-order valence-corrected chi connectivity index (χ0v) is 17.4. The fourth-order valence-corrected chi connectivity index (χ4v) is 5.34. The Morgan fingerprint density at radius 3 is 2.71 bits per heavy atom. The van der Waals surface area contributed by atoms with E-state index in [-0.39, 0.29) is 24.7 Å². The number of aryl methyl sites for hydroxylation is 1. The lowest BCUT2D eigenvalue weighted by Gasteiger charge is -2.31. The van der Waals surface area contributed by atoms with Crippen molar-refractivity contribution in [1.82, 2.24) is 14.3 Å². The van der Waals surface area contributed by atoms with Crippen molar-refractivity contribution in [3.8, 4) is 0 Å². The zero-order valence-electron chi connectivity index (χ0n) is 15.0. The molecule has 0 bridgehead atoms. The lowest BCUT2D eigenvalue weighted by atomic mass is 9.99. The van der Waals surface area contributed by atoms with Gasteiger partial charge in [0.25, 0.3) is 5.56 Å². The van der Waals surface area contributed by atoms with Gasteiger partial charge in [0.1, 0.15) is 0 Å². The molecule has 2 aromatic rings. The van der Waals surface area contributed by atoms with Crippen LogP contribution in [0, 0.1) is 12.8 Å². The van der Waals surface area contributed by atoms with Crippen molar-refractivity contribution in [3.63, 3.8) is 0 Å². The Kier molecular flexibility index (Phi) is 5.87. The van der Waals surface area contributed by atoms with E-state index < -0.39 is 32.1 Å². The van der Waals surface area contributed by atoms with Crippen molar-refractivity contribution in [3.05, 3.63) is 55.3 Å². The van der Waals surface area contributed by atoms with Gasteiger partial charge < -0.3 is 10.3 Å². The zero-order chi connectivity index (χ0) is 20.5. The number of rotatable bonds is 4. The van der Waals surface area contributed by atoms with Gasteiger partial charge in [-0.1, -0.05) is 22.0 Å². The van der Waals surface area contributed by atoms with Crippen LogP contribution in [0.3, 0.4) is 0 Å². The molecule has 1 amide bonds.